The van der Waals surface area contributed by atoms with Gasteiger partial charge in [0.1, 0.15) is 0 Å². The Morgan fingerprint density at radius 3 is 2.60 bits per heavy atom. The highest BCUT2D eigenvalue weighted by atomic mass is 14.8. The van der Waals surface area contributed by atoms with Gasteiger partial charge in [0.2, 0.25) is 0 Å². The van der Waals surface area contributed by atoms with Gasteiger partial charge in [-0.2, -0.15) is 0 Å². The molecule has 1 nitrogen and oxygen atoms in total. The first-order valence-corrected chi connectivity index (χ1v) is 7.64. The Labute approximate surface area is 123 Å². The lowest BCUT2D eigenvalue weighted by atomic mass is 9.95. The van der Waals surface area contributed by atoms with Gasteiger partial charge in [-0.15, -0.1) is 0 Å². The molecule has 2 rings (SSSR count). The van der Waals surface area contributed by atoms with E-state index in [1.54, 1.807) is 0 Å². The molecule has 0 heterocycles. The first-order valence-electron chi connectivity index (χ1n) is 7.64. The lowest BCUT2D eigenvalue weighted by Gasteiger charge is -2.12. The minimum Gasteiger partial charge on any atom is -0.313 e. The van der Waals surface area contributed by atoms with Crippen molar-refractivity contribution in [3.63, 3.8) is 0 Å². The standard InChI is InChI=1S/C19H25N/c1-4-7-16-8-6-9-17(13-16)19-12-15(3)10-11-18(19)14-20-5-2/h6,8-13,20H,4-5,7,14H2,1-3H3. The average molecular weight is 267 g/mol. The van der Waals surface area contributed by atoms with Crippen molar-refractivity contribution in [2.45, 2.75) is 40.2 Å². The molecule has 106 valence electrons. The summed E-state index contributed by atoms with van der Waals surface area (Å²) in [7, 11) is 0. The van der Waals surface area contributed by atoms with E-state index in [-0.39, 0.29) is 0 Å². The molecule has 0 aliphatic heterocycles. The first-order chi connectivity index (χ1) is 9.74. The second-order valence-electron chi connectivity index (χ2n) is 5.39. The molecule has 1 N–H and O–H groups in total. The Balaban J connectivity index is 2.39. The average Bonchev–Trinajstić information content (AvgIpc) is 2.46. The minimum atomic E-state index is 0.935. The van der Waals surface area contributed by atoms with Crippen LogP contribution in [0.25, 0.3) is 11.1 Å². The molecule has 0 aliphatic rings. The third-order valence-corrected chi connectivity index (χ3v) is 3.61. The number of rotatable bonds is 6. The third kappa shape index (κ3) is 3.71. The van der Waals surface area contributed by atoms with Gasteiger partial charge in [0, 0.05) is 6.54 Å². The van der Waals surface area contributed by atoms with Crippen molar-refractivity contribution in [1.29, 1.82) is 0 Å². The summed E-state index contributed by atoms with van der Waals surface area (Å²) in [5, 5.41) is 3.43. The van der Waals surface area contributed by atoms with Gasteiger partial charge in [-0.25, -0.2) is 0 Å². The highest BCUT2D eigenvalue weighted by molar-refractivity contribution is 5.68. The maximum absolute atomic E-state index is 3.43. The van der Waals surface area contributed by atoms with Gasteiger partial charge in [-0.05, 0) is 42.1 Å². The lowest BCUT2D eigenvalue weighted by Crippen LogP contribution is -2.12. The highest BCUT2D eigenvalue weighted by Crippen LogP contribution is 2.26. The van der Waals surface area contributed by atoms with Crippen molar-refractivity contribution < 1.29 is 0 Å². The molecule has 0 aliphatic carbocycles. The zero-order valence-electron chi connectivity index (χ0n) is 12.9. The van der Waals surface area contributed by atoms with Crippen molar-refractivity contribution in [3.8, 4) is 11.1 Å². The van der Waals surface area contributed by atoms with Crippen LogP contribution in [0.4, 0.5) is 0 Å². The second-order valence-corrected chi connectivity index (χ2v) is 5.39. The normalized spacial score (nSPS) is 10.8. The van der Waals surface area contributed by atoms with Crippen LogP contribution < -0.4 is 5.32 Å². The Kier molecular flexibility index (Phi) is 5.37. The van der Waals surface area contributed by atoms with E-state index in [9.17, 15) is 0 Å². The van der Waals surface area contributed by atoms with Gasteiger partial charge >= 0.3 is 0 Å². The SMILES string of the molecule is CCCc1cccc(-c2cc(C)ccc2CNCC)c1. The van der Waals surface area contributed by atoms with Crippen LogP contribution in [0.2, 0.25) is 0 Å². The fourth-order valence-electron chi connectivity index (χ4n) is 2.56. The first kappa shape index (κ1) is 14.8. The second kappa shape index (κ2) is 7.25. The molecule has 0 aromatic heterocycles. The third-order valence-electron chi connectivity index (χ3n) is 3.61. The molecule has 0 fully saturated rings. The lowest BCUT2D eigenvalue weighted by molar-refractivity contribution is 0.728. The molecule has 0 amide bonds. The number of hydrogen-bond acceptors (Lipinski definition) is 1. The maximum atomic E-state index is 3.43. The van der Waals surface area contributed by atoms with Crippen LogP contribution in [0, 0.1) is 6.92 Å². The highest BCUT2D eigenvalue weighted by Gasteiger charge is 2.06. The van der Waals surface area contributed by atoms with Crippen molar-refractivity contribution in [2.24, 2.45) is 0 Å². The molecule has 2 aromatic carbocycles. The van der Waals surface area contributed by atoms with Gasteiger partial charge in [0.05, 0.1) is 0 Å². The van der Waals surface area contributed by atoms with Crippen LogP contribution in [0.15, 0.2) is 42.5 Å². The van der Waals surface area contributed by atoms with E-state index in [2.05, 4.69) is 68.6 Å². The fraction of sp³-hybridized carbons (Fsp3) is 0.368. The van der Waals surface area contributed by atoms with Gasteiger partial charge in [0.25, 0.3) is 0 Å². The number of benzene rings is 2. The topological polar surface area (TPSA) is 12.0 Å². The quantitative estimate of drug-likeness (QED) is 0.798. The van der Waals surface area contributed by atoms with E-state index in [1.807, 2.05) is 0 Å². The molecule has 0 saturated carbocycles. The molecule has 2 aromatic rings. The predicted octanol–water partition coefficient (Wildman–Crippen LogP) is 4.72. The summed E-state index contributed by atoms with van der Waals surface area (Å²) in [5.41, 5.74) is 6.84. The van der Waals surface area contributed by atoms with E-state index in [0.717, 1.165) is 19.5 Å². The smallest absolute Gasteiger partial charge is 0.0211 e. The number of nitrogens with one attached hydrogen (secondary N) is 1. The predicted molar refractivity (Wildman–Crippen MR) is 88.0 cm³/mol. The summed E-state index contributed by atoms with van der Waals surface area (Å²) >= 11 is 0. The van der Waals surface area contributed by atoms with Crippen LogP contribution in [0.1, 0.15) is 37.0 Å². The summed E-state index contributed by atoms with van der Waals surface area (Å²) in [6.07, 6.45) is 2.35. The Bertz CT molecular complexity index is 557. The van der Waals surface area contributed by atoms with Crippen LogP contribution in [0.3, 0.4) is 0 Å². The molecule has 0 radical (unpaired) electrons. The van der Waals surface area contributed by atoms with Crippen LogP contribution in [-0.2, 0) is 13.0 Å². The van der Waals surface area contributed by atoms with E-state index >= 15 is 0 Å². The Morgan fingerprint density at radius 2 is 1.85 bits per heavy atom. The summed E-state index contributed by atoms with van der Waals surface area (Å²) in [6.45, 7) is 8.48. The van der Waals surface area contributed by atoms with Crippen molar-refractivity contribution in [1.82, 2.24) is 5.32 Å². The van der Waals surface area contributed by atoms with Crippen LogP contribution in [-0.4, -0.2) is 6.54 Å². The zero-order chi connectivity index (χ0) is 14.4. The molecule has 0 bridgehead atoms. The Hall–Kier alpha value is -1.60. The maximum Gasteiger partial charge on any atom is 0.0211 e. The molecule has 0 saturated heterocycles. The number of hydrogen-bond donors (Lipinski definition) is 1. The van der Waals surface area contributed by atoms with E-state index in [0.29, 0.717) is 0 Å². The molecule has 0 unspecified atom stereocenters. The van der Waals surface area contributed by atoms with Crippen molar-refractivity contribution in [3.05, 3.63) is 59.2 Å². The van der Waals surface area contributed by atoms with Gasteiger partial charge in [0.15, 0.2) is 0 Å². The molecule has 1 heteroatoms. The van der Waals surface area contributed by atoms with Gasteiger partial charge < -0.3 is 5.32 Å². The number of aryl methyl sites for hydroxylation is 2. The van der Waals surface area contributed by atoms with Gasteiger partial charge in [-0.1, -0.05) is 68.3 Å². The van der Waals surface area contributed by atoms with E-state index in [1.165, 1.54) is 34.2 Å². The largest absolute Gasteiger partial charge is 0.313 e. The summed E-state index contributed by atoms with van der Waals surface area (Å²) < 4.78 is 0. The summed E-state index contributed by atoms with van der Waals surface area (Å²) in [4.78, 5) is 0. The van der Waals surface area contributed by atoms with Gasteiger partial charge in [-0.3, -0.25) is 0 Å². The van der Waals surface area contributed by atoms with Crippen LogP contribution in [0.5, 0.6) is 0 Å². The monoisotopic (exact) mass is 267 g/mol. The van der Waals surface area contributed by atoms with E-state index in [4.69, 9.17) is 0 Å². The fourth-order valence-corrected chi connectivity index (χ4v) is 2.56. The zero-order valence-corrected chi connectivity index (χ0v) is 12.9. The molecular formula is C19H25N. The van der Waals surface area contributed by atoms with Crippen LogP contribution >= 0.6 is 0 Å². The molecule has 20 heavy (non-hydrogen) atoms. The Morgan fingerprint density at radius 1 is 1.00 bits per heavy atom. The summed E-state index contributed by atoms with van der Waals surface area (Å²) in [5.74, 6) is 0. The molecule has 0 spiro atoms. The van der Waals surface area contributed by atoms with E-state index < -0.39 is 0 Å². The van der Waals surface area contributed by atoms with Crippen molar-refractivity contribution >= 4 is 0 Å². The van der Waals surface area contributed by atoms with Crippen molar-refractivity contribution in [2.75, 3.05) is 6.54 Å². The molecular weight excluding hydrogens is 242 g/mol. The molecule has 0 atom stereocenters. The minimum absolute atomic E-state index is 0.935. The summed E-state index contributed by atoms with van der Waals surface area (Å²) in [6, 6.07) is 15.7.